The van der Waals surface area contributed by atoms with Gasteiger partial charge in [-0.05, 0) is 36.4 Å². The van der Waals surface area contributed by atoms with Crippen LogP contribution in [-0.4, -0.2) is 67.4 Å². The zero-order valence-electron chi connectivity index (χ0n) is 21.1. The number of nitrogens with zero attached hydrogens (tertiary/aromatic N) is 5. The standard InChI is InChI=1S/C27H27ClN6O4/c1-32(2)26-22-7-6-18(28)14-23(22)34(27(36)31-26)20-4-3-5-21(16-20)38-17-25(35)30-19-8-9-29-24(15-19)33-10-12-37-13-11-33/h3-9,14-16H,10-13,17H2,1-2H3,(H,29,30,35). The monoisotopic (exact) mass is 534 g/mol. The van der Waals surface area contributed by atoms with Crippen molar-refractivity contribution in [3.8, 4) is 11.4 Å². The second-order valence-electron chi connectivity index (χ2n) is 8.95. The Balaban J connectivity index is 1.33. The van der Waals surface area contributed by atoms with Gasteiger partial charge in [-0.3, -0.25) is 9.36 Å². The predicted octanol–water partition coefficient (Wildman–Crippen LogP) is 3.35. The number of amides is 1. The zero-order chi connectivity index (χ0) is 26.6. The summed E-state index contributed by atoms with van der Waals surface area (Å²) < 4.78 is 12.6. The molecule has 0 aliphatic carbocycles. The molecule has 2 aromatic heterocycles. The molecule has 0 unspecified atom stereocenters. The summed E-state index contributed by atoms with van der Waals surface area (Å²) in [5.74, 6) is 1.45. The molecule has 2 aromatic carbocycles. The van der Waals surface area contributed by atoms with Crippen molar-refractivity contribution in [3.05, 3.63) is 76.3 Å². The number of fused-ring (bicyclic) bond motifs is 1. The Morgan fingerprint density at radius 3 is 2.74 bits per heavy atom. The topological polar surface area (TPSA) is 102 Å². The smallest absolute Gasteiger partial charge is 0.354 e. The molecule has 0 radical (unpaired) electrons. The summed E-state index contributed by atoms with van der Waals surface area (Å²) in [6, 6.07) is 15.8. The van der Waals surface area contributed by atoms with Crippen molar-refractivity contribution >= 4 is 45.7 Å². The van der Waals surface area contributed by atoms with E-state index in [1.54, 1.807) is 53.6 Å². The van der Waals surface area contributed by atoms with E-state index in [4.69, 9.17) is 21.1 Å². The Morgan fingerprint density at radius 2 is 1.95 bits per heavy atom. The molecule has 1 fully saturated rings. The van der Waals surface area contributed by atoms with Gasteiger partial charge in [0.2, 0.25) is 0 Å². The first-order valence-electron chi connectivity index (χ1n) is 12.1. The van der Waals surface area contributed by atoms with Gasteiger partial charge in [0.25, 0.3) is 5.91 Å². The van der Waals surface area contributed by atoms with Crippen LogP contribution in [0, 0.1) is 0 Å². The number of hydrogen-bond donors (Lipinski definition) is 1. The van der Waals surface area contributed by atoms with Gasteiger partial charge in [0.05, 0.1) is 24.4 Å². The number of halogens is 1. The average Bonchev–Trinajstić information content (AvgIpc) is 2.92. The fraction of sp³-hybridized carbons (Fsp3) is 0.259. The van der Waals surface area contributed by atoms with Crippen LogP contribution in [0.2, 0.25) is 5.02 Å². The molecule has 0 saturated carbocycles. The number of hydrogen-bond acceptors (Lipinski definition) is 8. The summed E-state index contributed by atoms with van der Waals surface area (Å²) in [6.07, 6.45) is 1.66. The summed E-state index contributed by atoms with van der Waals surface area (Å²) in [6.45, 7) is 2.59. The van der Waals surface area contributed by atoms with E-state index >= 15 is 0 Å². The van der Waals surface area contributed by atoms with Crippen molar-refractivity contribution in [2.75, 3.05) is 62.1 Å². The molecule has 1 amide bonds. The Kier molecular flexibility index (Phi) is 7.43. The van der Waals surface area contributed by atoms with Crippen molar-refractivity contribution in [1.29, 1.82) is 0 Å². The highest BCUT2D eigenvalue weighted by atomic mass is 35.5. The molecule has 1 N–H and O–H groups in total. The number of anilines is 3. The van der Waals surface area contributed by atoms with Gasteiger partial charge in [0, 0.05) is 61.6 Å². The van der Waals surface area contributed by atoms with Crippen molar-refractivity contribution in [1.82, 2.24) is 14.5 Å². The number of benzene rings is 2. The largest absolute Gasteiger partial charge is 0.484 e. The number of morpholine rings is 1. The molecule has 0 spiro atoms. The van der Waals surface area contributed by atoms with E-state index in [1.165, 1.54) is 4.57 Å². The zero-order valence-corrected chi connectivity index (χ0v) is 21.8. The number of carbonyl (C=O) groups is 1. The predicted molar refractivity (Wildman–Crippen MR) is 148 cm³/mol. The van der Waals surface area contributed by atoms with E-state index in [1.807, 2.05) is 26.2 Å². The lowest BCUT2D eigenvalue weighted by Crippen LogP contribution is -2.36. The van der Waals surface area contributed by atoms with Crippen LogP contribution in [0.25, 0.3) is 16.6 Å². The maximum atomic E-state index is 13.1. The van der Waals surface area contributed by atoms with E-state index in [0.29, 0.717) is 46.7 Å². The minimum Gasteiger partial charge on any atom is -0.484 e. The van der Waals surface area contributed by atoms with E-state index < -0.39 is 5.69 Å². The number of aromatic nitrogens is 3. The van der Waals surface area contributed by atoms with Crippen molar-refractivity contribution in [2.45, 2.75) is 0 Å². The maximum absolute atomic E-state index is 13.1. The van der Waals surface area contributed by atoms with Crippen molar-refractivity contribution < 1.29 is 14.3 Å². The van der Waals surface area contributed by atoms with Crippen LogP contribution in [0.1, 0.15) is 0 Å². The van der Waals surface area contributed by atoms with Crippen molar-refractivity contribution in [3.63, 3.8) is 0 Å². The lowest BCUT2D eigenvalue weighted by Gasteiger charge is -2.28. The minimum absolute atomic E-state index is 0.210. The van der Waals surface area contributed by atoms with Crippen LogP contribution in [0.15, 0.2) is 65.6 Å². The second-order valence-corrected chi connectivity index (χ2v) is 9.38. The van der Waals surface area contributed by atoms with Gasteiger partial charge in [-0.2, -0.15) is 4.98 Å². The van der Waals surface area contributed by atoms with Crippen LogP contribution in [-0.2, 0) is 9.53 Å². The molecule has 3 heterocycles. The SMILES string of the molecule is CN(C)c1nc(=O)n(-c2cccc(OCC(=O)Nc3ccnc(N4CCOCC4)c3)c2)c2cc(Cl)ccc12. The highest BCUT2D eigenvalue weighted by Crippen LogP contribution is 2.27. The molecule has 38 heavy (non-hydrogen) atoms. The first-order chi connectivity index (χ1) is 18.4. The first-order valence-corrected chi connectivity index (χ1v) is 12.5. The molecule has 0 bridgehead atoms. The fourth-order valence-corrected chi connectivity index (χ4v) is 4.46. The number of nitrogens with one attached hydrogen (secondary N) is 1. The number of rotatable bonds is 7. The molecule has 0 atom stereocenters. The first kappa shape index (κ1) is 25.5. The molecule has 1 aliphatic rings. The van der Waals surface area contributed by atoms with Gasteiger partial charge in [0.1, 0.15) is 17.4 Å². The molecule has 11 heteroatoms. The third kappa shape index (κ3) is 5.56. The molecule has 196 valence electrons. The van der Waals surface area contributed by atoms with Gasteiger partial charge in [0.15, 0.2) is 6.61 Å². The molecular weight excluding hydrogens is 508 g/mol. The van der Waals surface area contributed by atoms with Gasteiger partial charge in [-0.25, -0.2) is 9.78 Å². The Bertz CT molecular complexity index is 1530. The number of carbonyl (C=O) groups excluding carboxylic acids is 1. The number of ether oxygens (including phenoxy) is 2. The third-order valence-electron chi connectivity index (χ3n) is 6.07. The molecule has 4 aromatic rings. The quantitative estimate of drug-likeness (QED) is 0.385. The Hall–Kier alpha value is -4.15. The highest BCUT2D eigenvalue weighted by Gasteiger charge is 2.16. The van der Waals surface area contributed by atoms with E-state index in [9.17, 15) is 9.59 Å². The Morgan fingerprint density at radius 1 is 1.13 bits per heavy atom. The van der Waals surface area contributed by atoms with Crippen LogP contribution >= 0.6 is 11.6 Å². The van der Waals surface area contributed by atoms with Crippen molar-refractivity contribution in [2.24, 2.45) is 0 Å². The van der Waals surface area contributed by atoms with Crippen LogP contribution < -0.4 is 25.5 Å². The van der Waals surface area contributed by atoms with E-state index in [0.717, 1.165) is 24.3 Å². The fourth-order valence-electron chi connectivity index (χ4n) is 4.29. The van der Waals surface area contributed by atoms with Gasteiger partial charge < -0.3 is 24.6 Å². The summed E-state index contributed by atoms with van der Waals surface area (Å²) in [5.41, 5.74) is 1.34. The van der Waals surface area contributed by atoms with Gasteiger partial charge in [-0.15, -0.1) is 0 Å². The van der Waals surface area contributed by atoms with Crippen LogP contribution in [0.3, 0.4) is 0 Å². The Labute approximate surface area is 224 Å². The normalized spacial score (nSPS) is 13.4. The number of pyridine rings is 1. The van der Waals surface area contributed by atoms with E-state index in [-0.39, 0.29) is 12.5 Å². The average molecular weight is 535 g/mol. The maximum Gasteiger partial charge on any atom is 0.354 e. The molecule has 1 saturated heterocycles. The second kappa shape index (κ2) is 11.1. The summed E-state index contributed by atoms with van der Waals surface area (Å²) in [5, 5.41) is 4.12. The highest BCUT2D eigenvalue weighted by molar-refractivity contribution is 6.31. The molecule has 5 rings (SSSR count). The molecule has 10 nitrogen and oxygen atoms in total. The van der Waals surface area contributed by atoms with Crippen LogP contribution in [0.5, 0.6) is 5.75 Å². The van der Waals surface area contributed by atoms with E-state index in [2.05, 4.69) is 20.2 Å². The summed E-state index contributed by atoms with van der Waals surface area (Å²) in [7, 11) is 3.66. The van der Waals surface area contributed by atoms with Gasteiger partial charge in [-0.1, -0.05) is 17.7 Å². The summed E-state index contributed by atoms with van der Waals surface area (Å²) >= 11 is 6.27. The van der Waals surface area contributed by atoms with Crippen LogP contribution in [0.4, 0.5) is 17.3 Å². The minimum atomic E-state index is -0.452. The molecule has 1 aliphatic heterocycles. The van der Waals surface area contributed by atoms with Gasteiger partial charge >= 0.3 is 5.69 Å². The third-order valence-corrected chi connectivity index (χ3v) is 6.30. The molecular formula is C27H27ClN6O4. The lowest BCUT2D eigenvalue weighted by molar-refractivity contribution is -0.118. The lowest BCUT2D eigenvalue weighted by atomic mass is 10.2. The summed E-state index contributed by atoms with van der Waals surface area (Å²) in [4.78, 5) is 38.2.